The van der Waals surface area contributed by atoms with E-state index in [4.69, 9.17) is 0 Å². The molecule has 14 heavy (non-hydrogen) atoms. The van der Waals surface area contributed by atoms with Crippen LogP contribution in [0.5, 0.6) is 0 Å². The van der Waals surface area contributed by atoms with Crippen LogP contribution in [0.1, 0.15) is 11.1 Å². The normalized spacial score (nSPS) is 12.4. The average Bonchev–Trinajstić information content (AvgIpc) is 2.59. The van der Waals surface area contributed by atoms with E-state index >= 15 is 0 Å². The summed E-state index contributed by atoms with van der Waals surface area (Å²) in [5, 5.41) is 0. The Morgan fingerprint density at radius 3 is 2.57 bits per heavy atom. The van der Waals surface area contributed by atoms with Gasteiger partial charge in [-0.05, 0) is 0 Å². The Balaban J connectivity index is 2.33. The molecule has 0 amide bonds. The Hall–Kier alpha value is -0.677. The third-order valence-electron chi connectivity index (χ3n) is 2.83. The molecule has 0 bridgehead atoms. The monoisotopic (exact) mass is 374 g/mol. The molecule has 2 radical (unpaired) electrons. The van der Waals surface area contributed by atoms with Crippen molar-refractivity contribution in [3.05, 3.63) is 53.6 Å². The molecule has 1 heteroatoms. The van der Waals surface area contributed by atoms with Crippen molar-refractivity contribution in [3.8, 4) is 11.1 Å². The molecule has 0 nitrogen and oxygen atoms in total. The Labute approximate surface area is 98.8 Å². The Bertz CT molecular complexity index is 500. The van der Waals surface area contributed by atoms with Crippen molar-refractivity contribution in [3.63, 3.8) is 0 Å². The van der Waals surface area contributed by atoms with Crippen LogP contribution in [0, 0.1) is 0 Å². The van der Waals surface area contributed by atoms with E-state index in [2.05, 4.69) is 42.5 Å². The van der Waals surface area contributed by atoms with Gasteiger partial charge >= 0.3 is 99.1 Å². The zero-order chi connectivity index (χ0) is 9.54. The Morgan fingerprint density at radius 1 is 0.857 bits per heavy atom. The van der Waals surface area contributed by atoms with E-state index in [9.17, 15) is 0 Å². The molecule has 1 aliphatic rings. The van der Waals surface area contributed by atoms with Gasteiger partial charge < -0.3 is 0 Å². The molecule has 0 saturated heterocycles. The van der Waals surface area contributed by atoms with Crippen molar-refractivity contribution in [2.24, 2.45) is 0 Å². The van der Waals surface area contributed by atoms with Gasteiger partial charge in [0.2, 0.25) is 0 Å². The van der Waals surface area contributed by atoms with Crippen LogP contribution in [0.4, 0.5) is 0 Å². The maximum atomic E-state index is 2.25. The minimum absolute atomic E-state index is 1.14. The summed E-state index contributed by atoms with van der Waals surface area (Å²) in [4.78, 5) is 0. The van der Waals surface area contributed by atoms with Gasteiger partial charge in [0.05, 0.1) is 0 Å². The molecule has 0 N–H and O–H groups in total. The molecule has 0 fully saturated rings. The van der Waals surface area contributed by atoms with Gasteiger partial charge in [-0.15, -0.1) is 0 Å². The SMILES string of the molecule is [Bi][c]1cccc2c1Cc1ccccc1-2. The third kappa shape index (κ3) is 1.15. The molecule has 2 aromatic carbocycles. The van der Waals surface area contributed by atoms with Crippen molar-refractivity contribution < 1.29 is 0 Å². The number of rotatable bonds is 0. The zero-order valence-electron chi connectivity index (χ0n) is 7.70. The van der Waals surface area contributed by atoms with E-state index in [1.54, 1.807) is 5.56 Å². The van der Waals surface area contributed by atoms with Crippen LogP contribution in [0.3, 0.4) is 0 Å². The molecule has 66 valence electrons. The number of fused-ring (bicyclic) bond motifs is 3. The second-order valence-electron chi connectivity index (χ2n) is 3.64. The molecule has 0 atom stereocenters. The molecule has 0 saturated carbocycles. The van der Waals surface area contributed by atoms with Gasteiger partial charge in [-0.2, -0.15) is 0 Å². The van der Waals surface area contributed by atoms with Crippen LogP contribution in [-0.4, -0.2) is 24.7 Å². The fourth-order valence-electron chi connectivity index (χ4n) is 2.14. The average molecular weight is 374 g/mol. The summed E-state index contributed by atoms with van der Waals surface area (Å²) in [6, 6.07) is 15.4. The fraction of sp³-hybridized carbons (Fsp3) is 0.0769. The minimum atomic E-state index is 1.14. The van der Waals surface area contributed by atoms with Gasteiger partial charge in [0.25, 0.3) is 0 Å². The number of hydrogen-bond acceptors (Lipinski definition) is 0. The second-order valence-corrected chi connectivity index (χ2v) is 5.51. The van der Waals surface area contributed by atoms with Crippen molar-refractivity contribution in [2.45, 2.75) is 6.42 Å². The first kappa shape index (κ1) is 8.62. The van der Waals surface area contributed by atoms with Gasteiger partial charge in [-0.1, -0.05) is 0 Å². The molecular formula is C13H9Bi. The quantitative estimate of drug-likeness (QED) is 0.529. The van der Waals surface area contributed by atoms with Crippen LogP contribution in [-0.2, 0) is 6.42 Å². The zero-order valence-corrected chi connectivity index (χ0v) is 11.2. The van der Waals surface area contributed by atoms with E-state index in [1.165, 1.54) is 44.7 Å². The molecule has 0 aromatic heterocycles. The van der Waals surface area contributed by atoms with E-state index in [1.807, 2.05) is 0 Å². The van der Waals surface area contributed by atoms with E-state index in [0.717, 1.165) is 6.42 Å². The van der Waals surface area contributed by atoms with Gasteiger partial charge in [0.1, 0.15) is 0 Å². The third-order valence-corrected chi connectivity index (χ3v) is 4.45. The van der Waals surface area contributed by atoms with Crippen LogP contribution in [0.25, 0.3) is 11.1 Å². The topological polar surface area (TPSA) is 0 Å². The molecule has 0 aliphatic heterocycles. The molecule has 1 aliphatic carbocycles. The number of benzene rings is 2. The summed E-state index contributed by atoms with van der Waals surface area (Å²) < 4.78 is 1.53. The van der Waals surface area contributed by atoms with Gasteiger partial charge in [0.15, 0.2) is 0 Å². The van der Waals surface area contributed by atoms with Crippen molar-refractivity contribution in [2.75, 3.05) is 0 Å². The summed E-state index contributed by atoms with van der Waals surface area (Å²) in [6.45, 7) is 0. The first-order chi connectivity index (χ1) is 6.86. The van der Waals surface area contributed by atoms with E-state index < -0.39 is 0 Å². The summed E-state index contributed by atoms with van der Waals surface area (Å²) in [5.74, 6) is 0. The molecular weight excluding hydrogens is 365 g/mol. The van der Waals surface area contributed by atoms with Crippen LogP contribution < -0.4 is 3.27 Å². The molecule has 3 rings (SSSR count). The predicted octanol–water partition coefficient (Wildman–Crippen LogP) is 2.05. The summed E-state index contributed by atoms with van der Waals surface area (Å²) in [7, 11) is 0. The standard InChI is InChI=1S/C13H9.Bi/c1-3-7-12-10(5-1)9-11-6-2-4-8-13(11)12;/h1-5,7-8H,9H2;. The Morgan fingerprint density at radius 2 is 1.64 bits per heavy atom. The summed E-state index contributed by atoms with van der Waals surface area (Å²) in [5.41, 5.74) is 5.94. The summed E-state index contributed by atoms with van der Waals surface area (Å²) >= 11 is 1.37. The van der Waals surface area contributed by atoms with Crippen molar-refractivity contribution in [1.29, 1.82) is 0 Å². The second kappa shape index (κ2) is 3.17. The predicted molar refractivity (Wildman–Crippen MR) is 60.1 cm³/mol. The van der Waals surface area contributed by atoms with E-state index in [0.29, 0.717) is 0 Å². The van der Waals surface area contributed by atoms with Gasteiger partial charge in [-0.25, -0.2) is 0 Å². The Kier molecular flexibility index (Phi) is 1.95. The summed E-state index contributed by atoms with van der Waals surface area (Å²) in [6.07, 6.45) is 1.14. The van der Waals surface area contributed by atoms with Gasteiger partial charge in [0, 0.05) is 0 Å². The van der Waals surface area contributed by atoms with Crippen LogP contribution in [0.15, 0.2) is 42.5 Å². The molecule has 0 heterocycles. The molecule has 0 spiro atoms. The van der Waals surface area contributed by atoms with Crippen LogP contribution in [0.2, 0.25) is 0 Å². The van der Waals surface area contributed by atoms with Crippen molar-refractivity contribution >= 4 is 28.0 Å². The molecule has 2 aromatic rings. The first-order valence-electron chi connectivity index (χ1n) is 4.75. The fourth-order valence-corrected chi connectivity index (χ4v) is 3.25. The van der Waals surface area contributed by atoms with E-state index in [-0.39, 0.29) is 0 Å². The van der Waals surface area contributed by atoms with Gasteiger partial charge in [-0.3, -0.25) is 0 Å². The van der Waals surface area contributed by atoms with Crippen LogP contribution >= 0.6 is 0 Å². The van der Waals surface area contributed by atoms with Crippen molar-refractivity contribution in [1.82, 2.24) is 0 Å². The molecule has 0 unspecified atom stereocenters. The maximum absolute atomic E-state index is 2.25. The first-order valence-corrected chi connectivity index (χ1v) is 6.49. The number of hydrogen-bond donors (Lipinski definition) is 0.